The highest BCUT2D eigenvalue weighted by molar-refractivity contribution is 7.91. The molecule has 0 saturated heterocycles. The first kappa shape index (κ1) is 18.2. The smallest absolute Gasteiger partial charge is 0.265 e. The summed E-state index contributed by atoms with van der Waals surface area (Å²) < 4.78 is 29.9. The van der Waals surface area contributed by atoms with E-state index in [0.29, 0.717) is 16.3 Å². The zero-order valence-corrected chi connectivity index (χ0v) is 15.4. The first-order valence-corrected chi connectivity index (χ1v) is 10.4. The van der Waals surface area contributed by atoms with Crippen LogP contribution in [0.15, 0.2) is 77.0 Å². The van der Waals surface area contributed by atoms with Gasteiger partial charge in [-0.2, -0.15) is 0 Å². The van der Waals surface area contributed by atoms with E-state index in [1.54, 1.807) is 60.7 Å². The summed E-state index contributed by atoms with van der Waals surface area (Å²) in [5.74, 6) is 0.276. The maximum absolute atomic E-state index is 12.2. The Morgan fingerprint density at radius 3 is 2.35 bits per heavy atom. The zero-order chi connectivity index (χ0) is 18.4. The van der Waals surface area contributed by atoms with Gasteiger partial charge in [0.15, 0.2) is 9.84 Å². The average Bonchev–Trinajstić information content (AvgIpc) is 3.19. The van der Waals surface area contributed by atoms with Gasteiger partial charge >= 0.3 is 0 Å². The minimum absolute atomic E-state index is 0.0537. The summed E-state index contributed by atoms with van der Waals surface area (Å²) in [5.41, 5.74) is 0.646. The lowest BCUT2D eigenvalue weighted by molar-refractivity contribution is 0.103. The number of benzene rings is 2. The van der Waals surface area contributed by atoms with Crippen LogP contribution in [0.4, 0.5) is 5.69 Å². The Hall–Kier alpha value is -2.64. The first-order valence-electron chi connectivity index (χ1n) is 7.90. The van der Waals surface area contributed by atoms with Crippen molar-refractivity contribution in [2.24, 2.45) is 0 Å². The van der Waals surface area contributed by atoms with Gasteiger partial charge in [0, 0.05) is 5.69 Å². The molecule has 5 nitrogen and oxygen atoms in total. The van der Waals surface area contributed by atoms with Gasteiger partial charge in [-0.05, 0) is 47.8 Å². The van der Waals surface area contributed by atoms with Crippen LogP contribution in [0.3, 0.4) is 0 Å². The summed E-state index contributed by atoms with van der Waals surface area (Å²) in [5, 5.41) is 4.64. The fourth-order valence-corrected chi connectivity index (χ4v) is 3.98. The van der Waals surface area contributed by atoms with Crippen molar-refractivity contribution in [3.05, 3.63) is 77.0 Å². The van der Waals surface area contributed by atoms with Gasteiger partial charge in [0.25, 0.3) is 5.91 Å². The van der Waals surface area contributed by atoms with E-state index < -0.39 is 9.84 Å². The predicted octanol–water partition coefficient (Wildman–Crippen LogP) is 3.85. The highest BCUT2D eigenvalue weighted by atomic mass is 32.2. The van der Waals surface area contributed by atoms with Crippen molar-refractivity contribution in [3.63, 3.8) is 0 Å². The van der Waals surface area contributed by atoms with E-state index in [1.165, 1.54) is 11.3 Å². The van der Waals surface area contributed by atoms with Gasteiger partial charge in [-0.1, -0.05) is 24.3 Å². The lowest BCUT2D eigenvalue weighted by Gasteiger charge is -2.09. The average molecular weight is 387 g/mol. The van der Waals surface area contributed by atoms with E-state index in [4.69, 9.17) is 4.74 Å². The second kappa shape index (κ2) is 8.16. The lowest BCUT2D eigenvalue weighted by atomic mass is 10.3. The molecule has 0 unspecified atom stereocenters. The van der Waals surface area contributed by atoms with Crippen LogP contribution in [0.5, 0.6) is 5.75 Å². The van der Waals surface area contributed by atoms with Gasteiger partial charge in [0.2, 0.25) is 0 Å². The molecule has 2 aromatic carbocycles. The molecule has 0 atom stereocenters. The maximum atomic E-state index is 12.2. The summed E-state index contributed by atoms with van der Waals surface area (Å²) in [6.45, 7) is 0.0537. The topological polar surface area (TPSA) is 72.5 Å². The molecule has 0 spiro atoms. The summed E-state index contributed by atoms with van der Waals surface area (Å²) >= 11 is 1.37. The van der Waals surface area contributed by atoms with Crippen LogP contribution in [0.25, 0.3) is 0 Å². The van der Waals surface area contributed by atoms with Crippen LogP contribution in [0.2, 0.25) is 0 Å². The van der Waals surface area contributed by atoms with Gasteiger partial charge in [0.1, 0.15) is 12.4 Å². The molecule has 0 fully saturated rings. The monoisotopic (exact) mass is 387 g/mol. The van der Waals surface area contributed by atoms with Crippen molar-refractivity contribution in [2.45, 2.75) is 4.90 Å². The molecule has 26 heavy (non-hydrogen) atoms. The number of carbonyl (C=O) groups excluding carboxylic acids is 1. The number of rotatable bonds is 7. The Bertz CT molecular complexity index is 951. The zero-order valence-electron chi connectivity index (χ0n) is 13.8. The van der Waals surface area contributed by atoms with Crippen molar-refractivity contribution in [3.8, 4) is 5.75 Å². The van der Waals surface area contributed by atoms with E-state index in [1.807, 2.05) is 11.4 Å². The molecule has 7 heteroatoms. The lowest BCUT2D eigenvalue weighted by Crippen LogP contribution is -2.14. The predicted molar refractivity (Wildman–Crippen MR) is 103 cm³/mol. The van der Waals surface area contributed by atoms with Crippen LogP contribution in [0.1, 0.15) is 9.67 Å². The van der Waals surface area contributed by atoms with Gasteiger partial charge in [-0.15, -0.1) is 11.3 Å². The van der Waals surface area contributed by atoms with Crippen molar-refractivity contribution in [1.82, 2.24) is 0 Å². The minimum Gasteiger partial charge on any atom is -0.493 e. The van der Waals surface area contributed by atoms with E-state index in [0.717, 1.165) is 0 Å². The summed E-state index contributed by atoms with van der Waals surface area (Å²) in [4.78, 5) is 12.9. The Morgan fingerprint density at radius 1 is 0.962 bits per heavy atom. The van der Waals surface area contributed by atoms with Gasteiger partial charge in [-0.3, -0.25) is 4.79 Å². The summed E-state index contributed by atoms with van der Waals surface area (Å²) in [7, 11) is -3.36. The summed E-state index contributed by atoms with van der Waals surface area (Å²) in [6.07, 6.45) is 0. The molecule has 0 saturated carbocycles. The van der Waals surface area contributed by atoms with Gasteiger partial charge < -0.3 is 10.1 Å². The number of amides is 1. The summed E-state index contributed by atoms with van der Waals surface area (Å²) in [6, 6.07) is 18.7. The van der Waals surface area contributed by atoms with Gasteiger partial charge in [0.05, 0.1) is 15.5 Å². The van der Waals surface area contributed by atoms with E-state index in [2.05, 4.69) is 5.32 Å². The van der Waals surface area contributed by atoms with Crippen molar-refractivity contribution < 1.29 is 17.9 Å². The number of sulfone groups is 1. The van der Waals surface area contributed by atoms with Crippen LogP contribution < -0.4 is 10.1 Å². The SMILES string of the molecule is O=C(Nc1ccc(OCCS(=O)(=O)c2ccccc2)cc1)c1cccs1. The second-order valence-corrected chi connectivity index (χ2v) is 8.49. The molecule has 3 rings (SSSR count). The largest absolute Gasteiger partial charge is 0.493 e. The number of thiophene rings is 1. The number of hydrogen-bond acceptors (Lipinski definition) is 5. The molecule has 0 radical (unpaired) electrons. The molecule has 1 aromatic heterocycles. The number of anilines is 1. The molecule has 0 aliphatic rings. The minimum atomic E-state index is -3.36. The Balaban J connectivity index is 1.52. The normalized spacial score (nSPS) is 11.1. The third-order valence-corrected chi connectivity index (χ3v) is 6.14. The molecule has 3 aromatic rings. The molecular formula is C19H17NO4S2. The maximum Gasteiger partial charge on any atom is 0.265 e. The van der Waals surface area contributed by atoms with Crippen LogP contribution >= 0.6 is 11.3 Å². The molecule has 134 valence electrons. The molecule has 0 bridgehead atoms. The molecule has 0 aliphatic carbocycles. The molecule has 1 heterocycles. The molecule has 0 aliphatic heterocycles. The van der Waals surface area contributed by atoms with Crippen molar-refractivity contribution in [1.29, 1.82) is 0 Å². The Kier molecular flexibility index (Phi) is 5.70. The fourth-order valence-electron chi connectivity index (χ4n) is 2.25. The second-order valence-electron chi connectivity index (χ2n) is 5.44. The molecular weight excluding hydrogens is 370 g/mol. The van der Waals surface area contributed by atoms with Crippen molar-refractivity contribution >= 4 is 32.8 Å². The highest BCUT2D eigenvalue weighted by Crippen LogP contribution is 2.18. The number of ether oxygens (including phenoxy) is 1. The third-order valence-electron chi connectivity index (χ3n) is 3.58. The van der Waals surface area contributed by atoms with Gasteiger partial charge in [-0.25, -0.2) is 8.42 Å². The van der Waals surface area contributed by atoms with Crippen molar-refractivity contribution in [2.75, 3.05) is 17.7 Å². The fraction of sp³-hybridized carbons (Fsp3) is 0.105. The number of hydrogen-bond donors (Lipinski definition) is 1. The van der Waals surface area contributed by atoms with Crippen LogP contribution in [-0.4, -0.2) is 26.7 Å². The van der Waals surface area contributed by atoms with E-state index >= 15 is 0 Å². The van der Waals surface area contributed by atoms with E-state index in [9.17, 15) is 13.2 Å². The van der Waals surface area contributed by atoms with Crippen LogP contribution in [0, 0.1) is 0 Å². The Morgan fingerprint density at radius 2 is 1.69 bits per heavy atom. The highest BCUT2D eigenvalue weighted by Gasteiger charge is 2.14. The first-order chi connectivity index (χ1) is 12.5. The standard InChI is InChI=1S/C19H17NO4S2/c21-19(18-7-4-13-25-18)20-15-8-10-16(11-9-15)24-12-14-26(22,23)17-5-2-1-3-6-17/h1-11,13H,12,14H2,(H,20,21). The van der Waals surface area contributed by atoms with Crippen LogP contribution in [-0.2, 0) is 9.84 Å². The Labute approximate surface area is 156 Å². The number of nitrogens with one attached hydrogen (secondary N) is 1. The third kappa shape index (κ3) is 4.71. The molecule has 1 N–H and O–H groups in total. The van der Waals surface area contributed by atoms with E-state index in [-0.39, 0.29) is 23.2 Å². The quantitative estimate of drug-likeness (QED) is 0.668. The number of carbonyl (C=O) groups is 1. The molecule has 1 amide bonds.